The molecule has 1 amide bonds. The molecule has 0 spiro atoms. The number of ether oxygens (including phenoxy) is 1. The highest BCUT2D eigenvalue weighted by atomic mass is 19.3. The van der Waals surface area contributed by atoms with Gasteiger partial charge in [-0.15, -0.1) is 0 Å². The van der Waals surface area contributed by atoms with Gasteiger partial charge in [0.1, 0.15) is 12.2 Å². The van der Waals surface area contributed by atoms with Gasteiger partial charge in [0.2, 0.25) is 5.91 Å². The summed E-state index contributed by atoms with van der Waals surface area (Å²) in [5.74, 6) is -0.429. The molecule has 1 unspecified atom stereocenters. The zero-order valence-corrected chi connectivity index (χ0v) is 7.58. The predicted octanol–water partition coefficient (Wildman–Crippen LogP) is -0.0924. The molecule has 6 heteroatoms. The maximum Gasteiger partial charge on any atom is 0.265 e. The average Bonchev–Trinajstić information content (AvgIpc) is 2.66. The van der Waals surface area contributed by atoms with Crippen molar-refractivity contribution in [1.82, 2.24) is 5.32 Å². The van der Waals surface area contributed by atoms with Crippen molar-refractivity contribution in [1.29, 1.82) is 0 Å². The van der Waals surface area contributed by atoms with Crippen LogP contribution in [0, 0.1) is 0 Å². The fourth-order valence-electron chi connectivity index (χ4n) is 1.19. The summed E-state index contributed by atoms with van der Waals surface area (Å²) in [5, 5.41) is 10.9. The largest absolute Gasteiger partial charge is 0.385 e. The Balaban J connectivity index is 2.20. The van der Waals surface area contributed by atoms with E-state index < -0.39 is 31.1 Å². The SMILES string of the molecule is O=C(NCC(O)C(F)F)[C@H]1CCCO1. The molecule has 2 atom stereocenters. The van der Waals surface area contributed by atoms with Gasteiger partial charge < -0.3 is 15.2 Å². The second kappa shape index (κ2) is 5.21. The van der Waals surface area contributed by atoms with Gasteiger partial charge in [0.15, 0.2) is 0 Å². The topological polar surface area (TPSA) is 58.6 Å². The van der Waals surface area contributed by atoms with Crippen LogP contribution in [0.1, 0.15) is 12.8 Å². The lowest BCUT2D eigenvalue weighted by molar-refractivity contribution is -0.131. The summed E-state index contributed by atoms with van der Waals surface area (Å²) in [6.07, 6.45) is -3.77. The van der Waals surface area contributed by atoms with E-state index >= 15 is 0 Å². The Hall–Kier alpha value is -0.750. The Kier molecular flexibility index (Phi) is 4.21. The summed E-state index contributed by atoms with van der Waals surface area (Å²) >= 11 is 0. The Bertz CT molecular complexity index is 195. The fourth-order valence-corrected chi connectivity index (χ4v) is 1.19. The molecule has 1 heterocycles. The fraction of sp³-hybridized carbons (Fsp3) is 0.875. The van der Waals surface area contributed by atoms with Gasteiger partial charge in [-0.3, -0.25) is 4.79 Å². The van der Waals surface area contributed by atoms with Crippen LogP contribution in [0.4, 0.5) is 8.78 Å². The Morgan fingerprint density at radius 3 is 2.86 bits per heavy atom. The second-order valence-corrected chi connectivity index (χ2v) is 3.15. The van der Waals surface area contributed by atoms with E-state index in [0.717, 1.165) is 6.42 Å². The number of carbonyl (C=O) groups excluding carboxylic acids is 1. The van der Waals surface area contributed by atoms with Gasteiger partial charge >= 0.3 is 0 Å². The van der Waals surface area contributed by atoms with Crippen LogP contribution in [0.5, 0.6) is 0 Å². The van der Waals surface area contributed by atoms with Crippen LogP contribution >= 0.6 is 0 Å². The highest BCUT2D eigenvalue weighted by Gasteiger charge is 2.25. The maximum atomic E-state index is 11.8. The van der Waals surface area contributed by atoms with Crippen LogP contribution in [0.25, 0.3) is 0 Å². The van der Waals surface area contributed by atoms with Gasteiger partial charge in [-0.05, 0) is 12.8 Å². The molecule has 0 aliphatic carbocycles. The van der Waals surface area contributed by atoms with Crippen LogP contribution in [-0.2, 0) is 9.53 Å². The van der Waals surface area contributed by atoms with E-state index in [9.17, 15) is 13.6 Å². The molecule has 82 valence electrons. The minimum atomic E-state index is -2.83. The van der Waals surface area contributed by atoms with Gasteiger partial charge in [0.25, 0.3) is 6.43 Å². The highest BCUT2D eigenvalue weighted by molar-refractivity contribution is 5.80. The van der Waals surface area contributed by atoms with E-state index in [0.29, 0.717) is 13.0 Å². The maximum absolute atomic E-state index is 11.8. The minimum absolute atomic E-state index is 0.429. The molecule has 0 aromatic heterocycles. The average molecular weight is 209 g/mol. The van der Waals surface area contributed by atoms with Crippen molar-refractivity contribution in [3.63, 3.8) is 0 Å². The molecule has 0 bridgehead atoms. The van der Waals surface area contributed by atoms with Gasteiger partial charge in [-0.25, -0.2) is 8.78 Å². The van der Waals surface area contributed by atoms with E-state index in [1.165, 1.54) is 0 Å². The zero-order valence-electron chi connectivity index (χ0n) is 7.58. The third kappa shape index (κ3) is 3.19. The van der Waals surface area contributed by atoms with E-state index in [1.54, 1.807) is 0 Å². The van der Waals surface area contributed by atoms with Crippen molar-refractivity contribution >= 4 is 5.91 Å². The number of carbonyl (C=O) groups is 1. The molecule has 0 radical (unpaired) electrons. The van der Waals surface area contributed by atoms with Crippen LogP contribution in [-0.4, -0.2) is 42.8 Å². The first kappa shape index (κ1) is 11.3. The molecule has 4 nitrogen and oxygen atoms in total. The number of amides is 1. The predicted molar refractivity (Wildman–Crippen MR) is 44.0 cm³/mol. The van der Waals surface area contributed by atoms with Crippen LogP contribution in [0.15, 0.2) is 0 Å². The Labute approximate surface area is 80.2 Å². The van der Waals surface area contributed by atoms with Crippen LogP contribution in [0.2, 0.25) is 0 Å². The number of halogens is 2. The number of rotatable bonds is 4. The van der Waals surface area contributed by atoms with E-state index in [4.69, 9.17) is 9.84 Å². The standard InChI is InChI=1S/C8H13F2NO3/c9-7(10)5(12)4-11-8(13)6-2-1-3-14-6/h5-7,12H,1-4H2,(H,11,13)/t5?,6-/m1/s1. The molecule has 1 rings (SSSR count). The van der Waals surface area contributed by atoms with Crippen LogP contribution in [0.3, 0.4) is 0 Å². The molecule has 0 saturated carbocycles. The molecule has 0 aromatic carbocycles. The van der Waals surface area contributed by atoms with Gasteiger partial charge in [-0.2, -0.15) is 0 Å². The Morgan fingerprint density at radius 2 is 2.36 bits per heavy atom. The molecule has 1 saturated heterocycles. The second-order valence-electron chi connectivity index (χ2n) is 3.15. The van der Waals surface area contributed by atoms with Crippen molar-refractivity contribution < 1.29 is 23.4 Å². The summed E-state index contributed by atoms with van der Waals surface area (Å²) in [4.78, 5) is 11.2. The molecule has 0 aromatic rings. The Morgan fingerprint density at radius 1 is 1.64 bits per heavy atom. The van der Waals surface area contributed by atoms with E-state index in [-0.39, 0.29) is 0 Å². The van der Waals surface area contributed by atoms with Gasteiger partial charge in [0, 0.05) is 13.2 Å². The number of aliphatic hydroxyl groups is 1. The van der Waals surface area contributed by atoms with Crippen molar-refractivity contribution in [3.8, 4) is 0 Å². The molecular weight excluding hydrogens is 196 g/mol. The lowest BCUT2D eigenvalue weighted by atomic mass is 10.2. The third-order valence-electron chi connectivity index (χ3n) is 2.00. The first-order valence-electron chi connectivity index (χ1n) is 4.47. The molecule has 1 aliphatic rings. The number of nitrogens with one attached hydrogen (secondary N) is 1. The third-order valence-corrected chi connectivity index (χ3v) is 2.00. The first-order valence-corrected chi connectivity index (χ1v) is 4.47. The first-order chi connectivity index (χ1) is 6.61. The number of aliphatic hydroxyl groups excluding tert-OH is 1. The van der Waals surface area contributed by atoms with Gasteiger partial charge in [0.05, 0.1) is 0 Å². The molecule has 14 heavy (non-hydrogen) atoms. The minimum Gasteiger partial charge on any atom is -0.385 e. The summed E-state index contributed by atoms with van der Waals surface area (Å²) < 4.78 is 28.7. The van der Waals surface area contributed by atoms with E-state index in [1.807, 2.05) is 0 Å². The van der Waals surface area contributed by atoms with Crippen molar-refractivity contribution in [2.24, 2.45) is 0 Å². The summed E-state index contributed by atoms with van der Waals surface area (Å²) in [6.45, 7) is 0.0891. The summed E-state index contributed by atoms with van der Waals surface area (Å²) in [7, 11) is 0. The summed E-state index contributed by atoms with van der Waals surface area (Å²) in [5.41, 5.74) is 0. The van der Waals surface area contributed by atoms with Crippen molar-refractivity contribution in [2.45, 2.75) is 31.5 Å². The van der Waals surface area contributed by atoms with E-state index in [2.05, 4.69) is 5.32 Å². The lowest BCUT2D eigenvalue weighted by Crippen LogP contribution is -2.40. The number of hydrogen-bond acceptors (Lipinski definition) is 3. The van der Waals surface area contributed by atoms with Crippen molar-refractivity contribution in [2.75, 3.05) is 13.2 Å². The summed E-state index contributed by atoms with van der Waals surface area (Å²) in [6, 6.07) is 0. The quantitative estimate of drug-likeness (QED) is 0.680. The molecule has 1 aliphatic heterocycles. The van der Waals surface area contributed by atoms with Gasteiger partial charge in [-0.1, -0.05) is 0 Å². The zero-order chi connectivity index (χ0) is 10.6. The number of hydrogen-bond donors (Lipinski definition) is 2. The van der Waals surface area contributed by atoms with Crippen molar-refractivity contribution in [3.05, 3.63) is 0 Å². The smallest absolute Gasteiger partial charge is 0.265 e. The molecule has 2 N–H and O–H groups in total. The monoisotopic (exact) mass is 209 g/mol. The highest BCUT2D eigenvalue weighted by Crippen LogP contribution is 2.11. The number of alkyl halides is 2. The van der Waals surface area contributed by atoms with Crippen LogP contribution < -0.4 is 5.32 Å². The molecular formula is C8H13F2NO3. The lowest BCUT2D eigenvalue weighted by Gasteiger charge is -2.13. The molecule has 1 fully saturated rings. The normalized spacial score (nSPS) is 23.9.